The monoisotopic (exact) mass is 338 g/mol. The van der Waals surface area contributed by atoms with Gasteiger partial charge in [-0.05, 0) is 22.9 Å². The Balaban J connectivity index is 1.42. The molecule has 0 amide bonds. The van der Waals surface area contributed by atoms with E-state index >= 15 is 0 Å². The van der Waals surface area contributed by atoms with Crippen LogP contribution in [0.5, 0.6) is 0 Å². The summed E-state index contributed by atoms with van der Waals surface area (Å²) in [6.07, 6.45) is 7.28. The Morgan fingerprint density at radius 1 is 0.615 bits per heavy atom. The molecule has 0 radical (unpaired) electrons. The van der Waals surface area contributed by atoms with Gasteiger partial charge in [-0.25, -0.2) is 0 Å². The number of rotatable bonds is 5. The van der Waals surface area contributed by atoms with Crippen LogP contribution in [0.4, 0.5) is 0 Å². The molecule has 0 fully saturated rings. The van der Waals surface area contributed by atoms with Gasteiger partial charge in [-0.1, -0.05) is 48.5 Å². The standard InChI is InChI=1S/C22H18N4/c1-3-7-19-17(5-1)9-11-25-21(19)15-23-13-14-24-16-22-20-8-4-2-6-18(20)10-12-26-22/h1-12,15-16H,13-14H2/b23-15-,24-16-. The van der Waals surface area contributed by atoms with E-state index < -0.39 is 0 Å². The van der Waals surface area contributed by atoms with Gasteiger partial charge in [0.25, 0.3) is 0 Å². The van der Waals surface area contributed by atoms with Crippen LogP contribution in [0.2, 0.25) is 0 Å². The van der Waals surface area contributed by atoms with Crippen molar-refractivity contribution in [3.05, 3.63) is 84.4 Å². The van der Waals surface area contributed by atoms with E-state index in [1.54, 1.807) is 0 Å². The van der Waals surface area contributed by atoms with Crippen molar-refractivity contribution >= 4 is 34.0 Å². The molecule has 0 bridgehead atoms. The molecule has 0 atom stereocenters. The average molecular weight is 338 g/mol. The molecule has 0 aliphatic heterocycles. The smallest absolute Gasteiger partial charge is 0.0886 e. The molecule has 0 spiro atoms. The van der Waals surface area contributed by atoms with Gasteiger partial charge in [0, 0.05) is 35.6 Å². The van der Waals surface area contributed by atoms with Crippen LogP contribution in [0.25, 0.3) is 21.5 Å². The minimum Gasteiger partial charge on any atom is -0.289 e. The number of hydrogen-bond donors (Lipinski definition) is 0. The SMILES string of the molecule is C(=N/CC/N=C\c1nccc2ccccc12)/c1nccc2ccccc12. The normalized spacial score (nSPS) is 11.8. The fourth-order valence-electron chi connectivity index (χ4n) is 2.91. The molecule has 0 unspecified atom stereocenters. The number of nitrogens with zero attached hydrogens (tertiary/aromatic N) is 4. The zero-order valence-corrected chi connectivity index (χ0v) is 14.3. The van der Waals surface area contributed by atoms with Gasteiger partial charge >= 0.3 is 0 Å². The lowest BCUT2D eigenvalue weighted by Crippen LogP contribution is -1.94. The van der Waals surface area contributed by atoms with Gasteiger partial charge < -0.3 is 0 Å². The number of hydrogen-bond acceptors (Lipinski definition) is 4. The highest BCUT2D eigenvalue weighted by Crippen LogP contribution is 2.15. The first-order valence-electron chi connectivity index (χ1n) is 8.59. The quantitative estimate of drug-likeness (QED) is 0.402. The van der Waals surface area contributed by atoms with E-state index in [9.17, 15) is 0 Å². The molecule has 2 aromatic heterocycles. The second kappa shape index (κ2) is 7.66. The molecular weight excluding hydrogens is 320 g/mol. The highest BCUT2D eigenvalue weighted by molar-refractivity contribution is 5.98. The summed E-state index contributed by atoms with van der Waals surface area (Å²) < 4.78 is 0. The molecule has 2 heterocycles. The van der Waals surface area contributed by atoms with Gasteiger partial charge in [0.15, 0.2) is 0 Å². The third-order valence-corrected chi connectivity index (χ3v) is 4.19. The Kier molecular flexibility index (Phi) is 4.74. The van der Waals surface area contributed by atoms with E-state index in [1.807, 2.05) is 61.2 Å². The zero-order valence-electron chi connectivity index (χ0n) is 14.3. The van der Waals surface area contributed by atoms with Crippen LogP contribution in [-0.4, -0.2) is 35.5 Å². The third-order valence-electron chi connectivity index (χ3n) is 4.19. The lowest BCUT2D eigenvalue weighted by atomic mass is 10.1. The topological polar surface area (TPSA) is 50.5 Å². The van der Waals surface area contributed by atoms with Crippen molar-refractivity contribution in [2.75, 3.05) is 13.1 Å². The lowest BCUT2D eigenvalue weighted by molar-refractivity contribution is 0.983. The summed E-state index contributed by atoms with van der Waals surface area (Å²) in [5.74, 6) is 0. The minimum absolute atomic E-state index is 0.617. The Labute approximate surface area is 152 Å². The Morgan fingerprint density at radius 3 is 1.58 bits per heavy atom. The summed E-state index contributed by atoms with van der Waals surface area (Å²) in [4.78, 5) is 17.7. The molecule has 0 aliphatic rings. The molecule has 2 aromatic carbocycles. The first kappa shape index (κ1) is 16.1. The van der Waals surface area contributed by atoms with Gasteiger partial charge in [-0.15, -0.1) is 0 Å². The Hall–Kier alpha value is -3.40. The van der Waals surface area contributed by atoms with E-state index in [1.165, 1.54) is 10.8 Å². The summed E-state index contributed by atoms with van der Waals surface area (Å²) in [5.41, 5.74) is 1.78. The maximum atomic E-state index is 4.46. The highest BCUT2D eigenvalue weighted by atomic mass is 14.8. The molecule has 0 aliphatic carbocycles. The van der Waals surface area contributed by atoms with Crippen LogP contribution in [-0.2, 0) is 0 Å². The fraction of sp³-hybridized carbons (Fsp3) is 0.0909. The van der Waals surface area contributed by atoms with Crippen LogP contribution in [0.15, 0.2) is 83.0 Å². The highest BCUT2D eigenvalue weighted by Gasteiger charge is 1.99. The molecule has 0 saturated heterocycles. The largest absolute Gasteiger partial charge is 0.289 e. The van der Waals surface area contributed by atoms with Crippen LogP contribution in [0.3, 0.4) is 0 Å². The lowest BCUT2D eigenvalue weighted by Gasteiger charge is -2.00. The first-order valence-corrected chi connectivity index (χ1v) is 8.59. The number of aromatic nitrogens is 2. The second-order valence-corrected chi connectivity index (χ2v) is 5.91. The first-order chi connectivity index (χ1) is 12.9. The summed E-state index contributed by atoms with van der Waals surface area (Å²) in [5, 5.41) is 4.57. The predicted molar refractivity (Wildman–Crippen MR) is 108 cm³/mol. The molecular formula is C22H18N4. The summed E-state index contributed by atoms with van der Waals surface area (Å²) >= 11 is 0. The van der Waals surface area contributed by atoms with Gasteiger partial charge in [0.2, 0.25) is 0 Å². The Morgan fingerprint density at radius 2 is 1.08 bits per heavy atom. The Bertz CT molecular complexity index is 999. The molecule has 4 rings (SSSR count). The summed E-state index contributed by atoms with van der Waals surface area (Å²) in [6.45, 7) is 1.23. The molecule has 4 aromatic rings. The van der Waals surface area contributed by atoms with Gasteiger partial charge in [-0.3, -0.25) is 20.0 Å². The van der Waals surface area contributed by atoms with Gasteiger partial charge in [-0.2, -0.15) is 0 Å². The number of fused-ring (bicyclic) bond motifs is 2. The van der Waals surface area contributed by atoms with Gasteiger partial charge in [0.1, 0.15) is 0 Å². The molecule has 4 nitrogen and oxygen atoms in total. The second-order valence-electron chi connectivity index (χ2n) is 5.91. The van der Waals surface area contributed by atoms with Crippen molar-refractivity contribution in [1.29, 1.82) is 0 Å². The van der Waals surface area contributed by atoms with Crippen LogP contribution in [0.1, 0.15) is 11.4 Å². The minimum atomic E-state index is 0.617. The van der Waals surface area contributed by atoms with Gasteiger partial charge in [0.05, 0.1) is 24.5 Å². The van der Waals surface area contributed by atoms with E-state index in [0.29, 0.717) is 13.1 Å². The van der Waals surface area contributed by atoms with Crippen molar-refractivity contribution in [2.45, 2.75) is 0 Å². The average Bonchev–Trinajstić information content (AvgIpc) is 2.71. The van der Waals surface area contributed by atoms with E-state index in [0.717, 1.165) is 22.2 Å². The maximum Gasteiger partial charge on any atom is 0.0886 e. The molecule has 0 saturated carbocycles. The molecule has 26 heavy (non-hydrogen) atoms. The van der Waals surface area contributed by atoms with Crippen molar-refractivity contribution in [2.24, 2.45) is 9.98 Å². The third kappa shape index (κ3) is 3.49. The van der Waals surface area contributed by atoms with Crippen molar-refractivity contribution < 1.29 is 0 Å². The summed E-state index contributed by atoms with van der Waals surface area (Å²) in [7, 11) is 0. The van der Waals surface area contributed by atoms with Crippen molar-refractivity contribution in [3.8, 4) is 0 Å². The van der Waals surface area contributed by atoms with E-state index in [2.05, 4.69) is 44.2 Å². The van der Waals surface area contributed by atoms with Crippen molar-refractivity contribution in [1.82, 2.24) is 9.97 Å². The molecule has 0 N–H and O–H groups in total. The van der Waals surface area contributed by atoms with Crippen LogP contribution in [0, 0.1) is 0 Å². The molecule has 4 heteroatoms. The number of aliphatic imine (C=N–C) groups is 2. The predicted octanol–water partition coefficient (Wildman–Crippen LogP) is 4.32. The maximum absolute atomic E-state index is 4.46. The van der Waals surface area contributed by atoms with Crippen LogP contribution < -0.4 is 0 Å². The van der Waals surface area contributed by atoms with Crippen molar-refractivity contribution in [3.63, 3.8) is 0 Å². The number of benzene rings is 2. The summed E-state index contributed by atoms with van der Waals surface area (Å²) in [6, 6.07) is 20.4. The number of pyridine rings is 2. The zero-order chi connectivity index (χ0) is 17.6. The van der Waals surface area contributed by atoms with E-state index in [4.69, 9.17) is 0 Å². The fourth-order valence-corrected chi connectivity index (χ4v) is 2.91. The molecule has 126 valence electrons. The van der Waals surface area contributed by atoms with E-state index in [-0.39, 0.29) is 0 Å². The van der Waals surface area contributed by atoms with Crippen LogP contribution >= 0.6 is 0 Å².